The molecule has 26 heavy (non-hydrogen) atoms. The number of aromatic nitrogens is 5. The fourth-order valence-electron chi connectivity index (χ4n) is 2.99. The van der Waals surface area contributed by atoms with Crippen LogP contribution in [0.3, 0.4) is 0 Å². The van der Waals surface area contributed by atoms with Crippen LogP contribution in [0.1, 0.15) is 19.0 Å². The van der Waals surface area contributed by atoms with E-state index in [2.05, 4.69) is 20.1 Å². The van der Waals surface area contributed by atoms with Crippen LogP contribution in [0, 0.1) is 0 Å². The lowest BCUT2D eigenvalue weighted by molar-refractivity contribution is 0.0126. The minimum atomic E-state index is -3.10. The molecular formula is C16H15ClF2N6O. The summed E-state index contributed by atoms with van der Waals surface area (Å²) in [6, 6.07) is 2.75. The van der Waals surface area contributed by atoms with E-state index < -0.39 is 17.7 Å². The van der Waals surface area contributed by atoms with Crippen LogP contribution in [0.25, 0.3) is 16.9 Å². The SMILES string of the molecule is CC(F)(F)c1ccnc(-n2nc(N3CCC(O)C3)c3cnc(Cl)cc32)n1. The topological polar surface area (TPSA) is 80.0 Å². The molecule has 1 saturated heterocycles. The van der Waals surface area contributed by atoms with E-state index in [1.54, 1.807) is 12.3 Å². The lowest BCUT2D eigenvalue weighted by Gasteiger charge is -2.14. The van der Waals surface area contributed by atoms with Crippen LogP contribution < -0.4 is 4.90 Å². The standard InChI is InChI=1S/C16H15ClF2N6O/c1-16(18,19)12-2-4-20-15(22-12)25-11-6-13(17)21-7-10(11)14(23-25)24-5-3-9(26)8-24/h2,4,6-7,9,26H,3,5,8H2,1H3. The van der Waals surface area contributed by atoms with E-state index >= 15 is 0 Å². The molecule has 4 rings (SSSR count). The molecule has 3 aromatic heterocycles. The molecule has 0 aromatic carbocycles. The molecule has 1 unspecified atom stereocenters. The number of aliphatic hydroxyl groups is 1. The van der Waals surface area contributed by atoms with Gasteiger partial charge in [0.25, 0.3) is 11.9 Å². The molecule has 7 nitrogen and oxygen atoms in total. The zero-order valence-electron chi connectivity index (χ0n) is 13.8. The number of halogens is 3. The largest absolute Gasteiger partial charge is 0.391 e. The molecule has 1 aliphatic heterocycles. The van der Waals surface area contributed by atoms with Gasteiger partial charge in [-0.3, -0.25) is 0 Å². The van der Waals surface area contributed by atoms with Crippen LogP contribution in [-0.2, 0) is 5.92 Å². The van der Waals surface area contributed by atoms with Crippen LogP contribution in [0.2, 0.25) is 5.15 Å². The monoisotopic (exact) mass is 380 g/mol. The summed E-state index contributed by atoms with van der Waals surface area (Å²) < 4.78 is 28.6. The van der Waals surface area contributed by atoms with Crippen molar-refractivity contribution >= 4 is 28.3 Å². The maximum atomic E-state index is 13.6. The van der Waals surface area contributed by atoms with E-state index in [9.17, 15) is 13.9 Å². The number of fused-ring (bicyclic) bond motifs is 1. The van der Waals surface area contributed by atoms with Gasteiger partial charge in [0.05, 0.1) is 17.0 Å². The van der Waals surface area contributed by atoms with Gasteiger partial charge in [0.1, 0.15) is 10.8 Å². The number of nitrogens with zero attached hydrogens (tertiary/aromatic N) is 6. The van der Waals surface area contributed by atoms with E-state index in [4.69, 9.17) is 11.6 Å². The summed E-state index contributed by atoms with van der Waals surface area (Å²) >= 11 is 6.01. The van der Waals surface area contributed by atoms with Crippen LogP contribution in [0.5, 0.6) is 0 Å². The molecule has 136 valence electrons. The highest BCUT2D eigenvalue weighted by atomic mass is 35.5. The minimum Gasteiger partial charge on any atom is -0.391 e. The lowest BCUT2D eigenvalue weighted by Crippen LogP contribution is -2.22. The van der Waals surface area contributed by atoms with Crippen molar-refractivity contribution in [3.8, 4) is 5.95 Å². The smallest absolute Gasteiger partial charge is 0.287 e. The Bertz CT molecular complexity index is 973. The first-order valence-electron chi connectivity index (χ1n) is 8.02. The van der Waals surface area contributed by atoms with Gasteiger partial charge in [-0.05, 0) is 12.5 Å². The Balaban J connectivity index is 1.89. The van der Waals surface area contributed by atoms with Gasteiger partial charge in [0.2, 0.25) is 0 Å². The normalized spacial score (nSPS) is 18.0. The number of aliphatic hydroxyl groups excluding tert-OH is 1. The van der Waals surface area contributed by atoms with Crippen LogP contribution in [0.4, 0.5) is 14.6 Å². The Labute approximate surface area is 152 Å². The predicted molar refractivity (Wildman–Crippen MR) is 91.9 cm³/mol. The van der Waals surface area contributed by atoms with Crippen molar-refractivity contribution in [2.45, 2.75) is 25.4 Å². The molecule has 1 aliphatic rings. The fraction of sp³-hybridized carbons (Fsp3) is 0.375. The van der Waals surface area contributed by atoms with E-state index in [1.807, 2.05) is 4.90 Å². The molecule has 0 aliphatic carbocycles. The third-order valence-corrected chi connectivity index (χ3v) is 4.46. The quantitative estimate of drug-likeness (QED) is 0.703. The predicted octanol–water partition coefficient (Wildman–Crippen LogP) is 2.55. The molecule has 10 heteroatoms. The molecular weight excluding hydrogens is 366 g/mol. The van der Waals surface area contributed by atoms with Crippen molar-refractivity contribution in [3.05, 3.63) is 35.4 Å². The maximum absolute atomic E-state index is 13.6. The van der Waals surface area contributed by atoms with Crippen molar-refractivity contribution in [1.82, 2.24) is 24.7 Å². The zero-order chi connectivity index (χ0) is 18.5. The molecule has 0 saturated carbocycles. The lowest BCUT2D eigenvalue weighted by atomic mass is 10.2. The Morgan fingerprint density at radius 2 is 2.15 bits per heavy atom. The van der Waals surface area contributed by atoms with Crippen molar-refractivity contribution in [2.75, 3.05) is 18.0 Å². The van der Waals surface area contributed by atoms with Gasteiger partial charge >= 0.3 is 0 Å². The van der Waals surface area contributed by atoms with E-state index in [-0.39, 0.29) is 11.1 Å². The van der Waals surface area contributed by atoms with Crippen molar-refractivity contribution in [2.24, 2.45) is 0 Å². The number of anilines is 1. The number of alkyl halides is 2. The molecule has 0 bridgehead atoms. The van der Waals surface area contributed by atoms with Gasteiger partial charge < -0.3 is 10.0 Å². The van der Waals surface area contributed by atoms with Gasteiger partial charge in [-0.2, -0.15) is 13.5 Å². The van der Waals surface area contributed by atoms with Crippen molar-refractivity contribution in [3.63, 3.8) is 0 Å². The van der Waals surface area contributed by atoms with E-state index in [0.29, 0.717) is 36.2 Å². The molecule has 0 amide bonds. The third-order valence-electron chi connectivity index (χ3n) is 4.26. The molecule has 4 heterocycles. The molecule has 3 aromatic rings. The molecule has 1 fully saturated rings. The zero-order valence-corrected chi connectivity index (χ0v) is 14.5. The summed E-state index contributed by atoms with van der Waals surface area (Å²) in [7, 11) is 0. The summed E-state index contributed by atoms with van der Waals surface area (Å²) in [5.74, 6) is -2.50. The summed E-state index contributed by atoms with van der Waals surface area (Å²) in [4.78, 5) is 14.0. The number of rotatable bonds is 3. The molecule has 1 atom stereocenters. The number of pyridine rings is 1. The second-order valence-corrected chi connectivity index (χ2v) is 6.67. The Kier molecular flexibility index (Phi) is 4.00. The molecule has 0 radical (unpaired) electrons. The Morgan fingerprint density at radius 3 is 2.85 bits per heavy atom. The maximum Gasteiger partial charge on any atom is 0.287 e. The number of hydrogen-bond acceptors (Lipinski definition) is 6. The summed E-state index contributed by atoms with van der Waals surface area (Å²) in [5.41, 5.74) is 0.155. The van der Waals surface area contributed by atoms with Crippen molar-refractivity contribution in [1.29, 1.82) is 0 Å². The second kappa shape index (κ2) is 6.10. The van der Waals surface area contributed by atoms with Crippen LogP contribution in [-0.4, -0.2) is 49.0 Å². The highest BCUT2D eigenvalue weighted by molar-refractivity contribution is 6.30. The Hall–Kier alpha value is -2.39. The summed E-state index contributed by atoms with van der Waals surface area (Å²) in [5, 5.41) is 15.2. The van der Waals surface area contributed by atoms with Gasteiger partial charge in [-0.25, -0.2) is 15.0 Å². The van der Waals surface area contributed by atoms with Crippen LogP contribution in [0.15, 0.2) is 24.5 Å². The number of hydrogen-bond donors (Lipinski definition) is 1. The average Bonchev–Trinajstić information content (AvgIpc) is 3.17. The summed E-state index contributed by atoms with van der Waals surface area (Å²) in [6.07, 6.45) is 3.03. The van der Waals surface area contributed by atoms with Gasteiger partial charge in [-0.1, -0.05) is 11.6 Å². The fourth-order valence-corrected chi connectivity index (χ4v) is 3.14. The number of β-amino-alcohol motifs (C(OH)–C–C–N with tert-alkyl or cyclic N) is 1. The highest BCUT2D eigenvalue weighted by Gasteiger charge is 2.29. The molecule has 1 N–H and O–H groups in total. The first-order valence-corrected chi connectivity index (χ1v) is 8.40. The van der Waals surface area contributed by atoms with Gasteiger partial charge in [0, 0.05) is 38.5 Å². The molecule has 0 spiro atoms. The van der Waals surface area contributed by atoms with Gasteiger partial charge in [0.15, 0.2) is 5.82 Å². The first-order chi connectivity index (χ1) is 12.3. The average molecular weight is 381 g/mol. The first kappa shape index (κ1) is 17.0. The van der Waals surface area contributed by atoms with Crippen LogP contribution >= 0.6 is 11.6 Å². The summed E-state index contributed by atoms with van der Waals surface area (Å²) in [6.45, 7) is 1.84. The highest BCUT2D eigenvalue weighted by Crippen LogP contribution is 2.31. The minimum absolute atomic E-state index is 0.0160. The second-order valence-electron chi connectivity index (χ2n) is 6.28. The van der Waals surface area contributed by atoms with E-state index in [1.165, 1.54) is 16.9 Å². The van der Waals surface area contributed by atoms with Gasteiger partial charge in [-0.15, -0.1) is 5.10 Å². The van der Waals surface area contributed by atoms with Crippen molar-refractivity contribution < 1.29 is 13.9 Å². The third kappa shape index (κ3) is 2.97. The Morgan fingerprint density at radius 1 is 1.35 bits per heavy atom. The van der Waals surface area contributed by atoms with E-state index in [0.717, 1.165) is 6.92 Å².